The second-order valence-corrected chi connectivity index (χ2v) is 20.2. The van der Waals surface area contributed by atoms with E-state index in [1.54, 1.807) is 0 Å². The van der Waals surface area contributed by atoms with Crippen molar-refractivity contribution in [3.8, 4) is 0 Å². The predicted molar refractivity (Wildman–Crippen MR) is 343 cm³/mol. The molecule has 6 nitrogen and oxygen atoms in total. The zero-order chi connectivity index (χ0) is 57.1. The molecule has 0 spiro atoms. The number of allylic oxidation sites excluding steroid dienone is 28. The van der Waals surface area contributed by atoms with Crippen molar-refractivity contribution in [3.05, 3.63) is 170 Å². The molecular formula is C73H114O6. The average molecular weight is 1090 g/mol. The highest BCUT2D eigenvalue weighted by molar-refractivity contribution is 5.71. The first-order valence-electron chi connectivity index (χ1n) is 31.6. The Balaban J connectivity index is 4.46. The monoisotopic (exact) mass is 1090 g/mol. The fourth-order valence-corrected chi connectivity index (χ4v) is 8.10. The summed E-state index contributed by atoms with van der Waals surface area (Å²) in [5, 5.41) is 0. The van der Waals surface area contributed by atoms with Gasteiger partial charge in [0.05, 0.1) is 0 Å². The van der Waals surface area contributed by atoms with Crippen LogP contribution in [-0.2, 0) is 28.6 Å². The number of carbonyl (C=O) groups excluding carboxylic acids is 3. The number of carbonyl (C=O) groups is 3. The largest absolute Gasteiger partial charge is 0.462 e. The van der Waals surface area contributed by atoms with Gasteiger partial charge in [0, 0.05) is 19.3 Å². The van der Waals surface area contributed by atoms with E-state index >= 15 is 0 Å². The Hall–Kier alpha value is -5.23. The highest BCUT2D eigenvalue weighted by atomic mass is 16.6. The van der Waals surface area contributed by atoms with Crippen molar-refractivity contribution in [3.63, 3.8) is 0 Å². The van der Waals surface area contributed by atoms with Crippen LogP contribution in [0.2, 0.25) is 0 Å². The summed E-state index contributed by atoms with van der Waals surface area (Å²) in [5.74, 6) is -1.06. The van der Waals surface area contributed by atoms with Gasteiger partial charge in [0.15, 0.2) is 6.10 Å². The van der Waals surface area contributed by atoms with E-state index in [-0.39, 0.29) is 38.0 Å². The van der Waals surface area contributed by atoms with Crippen molar-refractivity contribution < 1.29 is 28.6 Å². The molecule has 0 fully saturated rings. The lowest BCUT2D eigenvalue weighted by Gasteiger charge is -2.18. The van der Waals surface area contributed by atoms with Gasteiger partial charge in [0.2, 0.25) is 0 Å². The summed E-state index contributed by atoms with van der Waals surface area (Å²) in [6.45, 7) is 6.20. The Kier molecular flexibility index (Phi) is 61.0. The van der Waals surface area contributed by atoms with E-state index in [2.05, 4.69) is 179 Å². The summed E-state index contributed by atoms with van der Waals surface area (Å²) in [7, 11) is 0. The van der Waals surface area contributed by atoms with E-state index in [0.717, 1.165) is 122 Å². The van der Waals surface area contributed by atoms with E-state index in [1.807, 2.05) is 12.2 Å². The fourth-order valence-electron chi connectivity index (χ4n) is 8.10. The summed E-state index contributed by atoms with van der Waals surface area (Å²) in [4.78, 5) is 38.3. The van der Waals surface area contributed by atoms with Gasteiger partial charge in [0.25, 0.3) is 0 Å². The van der Waals surface area contributed by atoms with Crippen molar-refractivity contribution in [2.75, 3.05) is 13.2 Å². The van der Waals surface area contributed by atoms with E-state index < -0.39 is 12.1 Å². The molecule has 0 radical (unpaired) electrons. The Bertz CT molecular complexity index is 1820. The lowest BCUT2D eigenvalue weighted by molar-refractivity contribution is -0.166. The lowest BCUT2D eigenvalue weighted by Crippen LogP contribution is -2.30. The first-order valence-corrected chi connectivity index (χ1v) is 31.6. The third-order valence-electron chi connectivity index (χ3n) is 12.7. The minimum absolute atomic E-state index is 0.129. The minimum Gasteiger partial charge on any atom is -0.462 e. The van der Waals surface area contributed by atoms with Crippen LogP contribution in [0.4, 0.5) is 0 Å². The molecule has 0 aliphatic carbocycles. The molecule has 0 aliphatic heterocycles. The van der Waals surface area contributed by atoms with Gasteiger partial charge in [-0.15, -0.1) is 0 Å². The molecule has 0 aromatic heterocycles. The van der Waals surface area contributed by atoms with E-state index in [0.29, 0.717) is 19.3 Å². The van der Waals surface area contributed by atoms with E-state index in [9.17, 15) is 14.4 Å². The number of hydrogen-bond acceptors (Lipinski definition) is 6. The first-order chi connectivity index (χ1) is 39.0. The van der Waals surface area contributed by atoms with Crippen molar-refractivity contribution >= 4 is 17.9 Å². The standard InChI is InChI=1S/C73H114O6/c1-4-7-10-13-16-19-22-25-28-30-32-33-34-35-36-37-38-39-41-42-45-48-51-54-57-60-63-66-72(75)78-69-70(68-77-71(74)65-62-59-56-53-50-47-44-27-24-21-18-15-12-9-6-3)79-73(76)67-64-61-58-55-52-49-46-43-40-31-29-26-23-20-17-14-11-8-5-2/h7-12,16-21,25-29,32-33,40,43-44,49-50,52-53,58,61,70H,4-6,13-15,22-24,30-31,34-39,41-42,45-48,51,54-57,59-60,62-69H2,1-3H3/b10-7-,11-8-,12-9-,19-16-,20-17-,21-18-,28-25-,29-26-,33-32-,43-40-,44-27-,52-49-,53-50-,61-58-. The molecule has 0 amide bonds. The molecule has 1 unspecified atom stereocenters. The third kappa shape index (κ3) is 63.5. The maximum absolute atomic E-state index is 12.9. The maximum Gasteiger partial charge on any atom is 0.306 e. The molecule has 0 rings (SSSR count). The Morgan fingerprint density at radius 2 is 0.481 bits per heavy atom. The topological polar surface area (TPSA) is 78.9 Å². The molecule has 0 aromatic carbocycles. The van der Waals surface area contributed by atoms with E-state index in [1.165, 1.54) is 77.0 Å². The number of ether oxygens (including phenoxy) is 3. The quantitative estimate of drug-likeness (QED) is 0.0261. The minimum atomic E-state index is -0.845. The van der Waals surface area contributed by atoms with Gasteiger partial charge in [-0.2, -0.15) is 0 Å². The zero-order valence-electron chi connectivity index (χ0n) is 50.6. The second-order valence-electron chi connectivity index (χ2n) is 20.2. The van der Waals surface area contributed by atoms with Crippen LogP contribution < -0.4 is 0 Å². The van der Waals surface area contributed by atoms with Crippen LogP contribution in [0.25, 0.3) is 0 Å². The summed E-state index contributed by atoms with van der Waals surface area (Å²) >= 11 is 0. The highest BCUT2D eigenvalue weighted by Gasteiger charge is 2.19. The SMILES string of the molecule is CC/C=C\C/C=C\C/C=C\C/C=C\C/C=C\C/C=C\CCC(=O)OC(COC(=O)CCCC/C=C\C/C=C\C/C=C\C/C=C\CC)COC(=O)CCCCCCCCCCCCCCCC/C=C\C/C=C\C/C=C\C/C=C\CC. The van der Waals surface area contributed by atoms with Crippen molar-refractivity contribution in [1.29, 1.82) is 0 Å². The van der Waals surface area contributed by atoms with Crippen LogP contribution in [0.3, 0.4) is 0 Å². The molecule has 0 saturated carbocycles. The summed E-state index contributed by atoms with van der Waals surface area (Å²) in [5.41, 5.74) is 0. The second kappa shape index (κ2) is 65.3. The molecule has 0 bridgehead atoms. The van der Waals surface area contributed by atoms with Crippen LogP contribution >= 0.6 is 0 Å². The number of hydrogen-bond donors (Lipinski definition) is 0. The van der Waals surface area contributed by atoms with Gasteiger partial charge in [-0.3, -0.25) is 14.4 Å². The average Bonchev–Trinajstić information content (AvgIpc) is 3.45. The Labute approximate surface area is 485 Å². The molecule has 6 heteroatoms. The van der Waals surface area contributed by atoms with Crippen LogP contribution in [0, 0.1) is 0 Å². The van der Waals surface area contributed by atoms with Crippen LogP contribution in [0.5, 0.6) is 0 Å². The molecular weight excluding hydrogens is 973 g/mol. The van der Waals surface area contributed by atoms with Crippen LogP contribution in [-0.4, -0.2) is 37.2 Å². The van der Waals surface area contributed by atoms with Gasteiger partial charge in [0.1, 0.15) is 13.2 Å². The van der Waals surface area contributed by atoms with Gasteiger partial charge in [-0.25, -0.2) is 0 Å². The van der Waals surface area contributed by atoms with Crippen molar-refractivity contribution in [2.45, 2.75) is 258 Å². The lowest BCUT2D eigenvalue weighted by atomic mass is 10.0. The van der Waals surface area contributed by atoms with Crippen LogP contribution in [0.15, 0.2) is 170 Å². The maximum atomic E-state index is 12.9. The van der Waals surface area contributed by atoms with Gasteiger partial charge in [-0.1, -0.05) is 268 Å². The normalized spacial score (nSPS) is 13.3. The smallest absolute Gasteiger partial charge is 0.306 e. The summed E-state index contributed by atoms with van der Waals surface area (Å²) < 4.78 is 16.8. The Morgan fingerprint density at radius 3 is 0.785 bits per heavy atom. The molecule has 0 aliphatic rings. The van der Waals surface area contributed by atoms with Gasteiger partial charge >= 0.3 is 17.9 Å². The molecule has 0 saturated heterocycles. The zero-order valence-corrected chi connectivity index (χ0v) is 50.6. The van der Waals surface area contributed by atoms with Crippen molar-refractivity contribution in [2.24, 2.45) is 0 Å². The first kappa shape index (κ1) is 73.8. The number of esters is 3. The fraction of sp³-hybridized carbons (Fsp3) is 0.575. The highest BCUT2D eigenvalue weighted by Crippen LogP contribution is 2.15. The van der Waals surface area contributed by atoms with E-state index in [4.69, 9.17) is 14.2 Å². The molecule has 1 atom stereocenters. The molecule has 0 heterocycles. The molecule has 0 N–H and O–H groups in total. The Morgan fingerprint density at radius 1 is 0.253 bits per heavy atom. The van der Waals surface area contributed by atoms with Crippen LogP contribution in [0.1, 0.15) is 252 Å². The van der Waals surface area contributed by atoms with Crippen molar-refractivity contribution in [1.82, 2.24) is 0 Å². The summed E-state index contributed by atoms with van der Waals surface area (Å²) in [6, 6.07) is 0. The summed E-state index contributed by atoms with van der Waals surface area (Å²) in [6.07, 6.45) is 96.6. The van der Waals surface area contributed by atoms with Gasteiger partial charge < -0.3 is 14.2 Å². The third-order valence-corrected chi connectivity index (χ3v) is 12.7. The molecule has 79 heavy (non-hydrogen) atoms. The molecule has 0 aromatic rings. The predicted octanol–water partition coefficient (Wildman–Crippen LogP) is 21.9. The number of rotatable bonds is 55. The van der Waals surface area contributed by atoms with Gasteiger partial charge in [-0.05, 0) is 135 Å². The number of unbranched alkanes of at least 4 members (excludes halogenated alkanes) is 16. The molecule has 442 valence electrons.